The van der Waals surface area contributed by atoms with Crippen molar-refractivity contribution in [2.45, 2.75) is 38.0 Å². The molecular weight excluding hydrogens is 359 g/mol. The second-order valence-electron chi connectivity index (χ2n) is 6.39. The van der Waals surface area contributed by atoms with Crippen molar-refractivity contribution >= 4 is 16.8 Å². The molecule has 4 rings (SSSR count). The number of nitrogens with zero attached hydrogens (tertiary/aromatic N) is 1. The lowest BCUT2D eigenvalue weighted by Gasteiger charge is -2.18. The molecule has 0 saturated heterocycles. The highest BCUT2D eigenvalue weighted by molar-refractivity contribution is 5.92. The molecule has 2 heterocycles. The maximum Gasteiger partial charge on any atom is 0.432 e. The predicted molar refractivity (Wildman–Crippen MR) is 94.9 cm³/mol. The molecule has 0 bridgehead atoms. The SMILES string of the molecule is NC1CCC1.O=C(NCc1cccc2[nH]ccc12)c1cc(C(F)(F)F)[nH]n1. The number of nitrogens with two attached hydrogens (primary N) is 1. The largest absolute Gasteiger partial charge is 0.432 e. The molecule has 0 radical (unpaired) electrons. The molecule has 27 heavy (non-hydrogen) atoms. The summed E-state index contributed by atoms with van der Waals surface area (Å²) in [5.41, 5.74) is 5.81. The molecule has 0 aliphatic heterocycles. The van der Waals surface area contributed by atoms with Crippen molar-refractivity contribution in [1.29, 1.82) is 0 Å². The molecule has 9 heteroatoms. The molecule has 1 aliphatic carbocycles. The van der Waals surface area contributed by atoms with Crippen LogP contribution in [0.3, 0.4) is 0 Å². The standard InChI is InChI=1S/C14H11F3N4O.C4H9N/c15-14(16,17)12-6-11(20-21-12)13(22)19-7-8-2-1-3-10-9(8)4-5-18-10;5-4-2-1-3-4/h1-6,18H,7H2,(H,19,22)(H,20,21);4H,1-3,5H2. The summed E-state index contributed by atoms with van der Waals surface area (Å²) in [6, 6.07) is 8.68. The lowest BCUT2D eigenvalue weighted by Crippen LogP contribution is -2.27. The molecule has 5 N–H and O–H groups in total. The normalized spacial score (nSPS) is 14.4. The van der Waals surface area contributed by atoms with Crippen molar-refractivity contribution in [3.8, 4) is 0 Å². The fraction of sp³-hybridized carbons (Fsp3) is 0.333. The summed E-state index contributed by atoms with van der Waals surface area (Å²) in [6.45, 7) is 0.197. The minimum Gasteiger partial charge on any atom is -0.361 e. The summed E-state index contributed by atoms with van der Waals surface area (Å²) >= 11 is 0. The number of hydrogen-bond donors (Lipinski definition) is 4. The molecule has 1 amide bonds. The molecule has 1 fully saturated rings. The number of nitrogens with one attached hydrogen (secondary N) is 3. The number of halogens is 3. The van der Waals surface area contributed by atoms with Crippen LogP contribution in [0.25, 0.3) is 10.9 Å². The molecule has 2 aromatic heterocycles. The van der Waals surface area contributed by atoms with Gasteiger partial charge in [0.05, 0.1) is 0 Å². The van der Waals surface area contributed by atoms with Crippen LogP contribution in [0.4, 0.5) is 13.2 Å². The molecular formula is C18H20F3N5O. The van der Waals surface area contributed by atoms with Gasteiger partial charge in [0.15, 0.2) is 5.69 Å². The summed E-state index contributed by atoms with van der Waals surface area (Å²) in [4.78, 5) is 14.9. The zero-order valence-corrected chi connectivity index (χ0v) is 14.4. The van der Waals surface area contributed by atoms with E-state index in [9.17, 15) is 18.0 Å². The summed E-state index contributed by atoms with van der Waals surface area (Å²) in [5, 5.41) is 8.70. The minimum absolute atomic E-state index is 0.197. The van der Waals surface area contributed by atoms with E-state index in [4.69, 9.17) is 5.73 Å². The molecule has 6 nitrogen and oxygen atoms in total. The van der Waals surface area contributed by atoms with Gasteiger partial charge in [0.25, 0.3) is 5.91 Å². The van der Waals surface area contributed by atoms with E-state index >= 15 is 0 Å². The van der Waals surface area contributed by atoms with Crippen LogP contribution in [0.5, 0.6) is 0 Å². The van der Waals surface area contributed by atoms with E-state index in [2.05, 4.69) is 15.4 Å². The molecule has 144 valence electrons. The van der Waals surface area contributed by atoms with Crippen molar-refractivity contribution in [1.82, 2.24) is 20.5 Å². The average molecular weight is 379 g/mol. The summed E-state index contributed by atoms with van der Waals surface area (Å²) in [6.07, 6.45) is 1.11. The number of H-pyrrole nitrogens is 2. The van der Waals surface area contributed by atoms with Crippen LogP contribution in [-0.2, 0) is 12.7 Å². The highest BCUT2D eigenvalue weighted by Crippen LogP contribution is 2.27. The topological polar surface area (TPSA) is 99.6 Å². The number of carbonyl (C=O) groups is 1. The van der Waals surface area contributed by atoms with Crippen LogP contribution in [0, 0.1) is 0 Å². The van der Waals surface area contributed by atoms with Crippen molar-refractivity contribution < 1.29 is 18.0 Å². The van der Waals surface area contributed by atoms with Gasteiger partial charge in [0, 0.05) is 35.8 Å². The third-order valence-electron chi connectivity index (χ3n) is 4.39. The second-order valence-corrected chi connectivity index (χ2v) is 6.39. The van der Waals surface area contributed by atoms with Crippen LogP contribution < -0.4 is 11.1 Å². The summed E-state index contributed by atoms with van der Waals surface area (Å²) in [5.74, 6) is -0.667. The first kappa shape index (κ1) is 19.0. The number of amides is 1. The Bertz CT molecular complexity index is 911. The molecule has 0 spiro atoms. The maximum absolute atomic E-state index is 12.4. The highest BCUT2D eigenvalue weighted by atomic mass is 19.4. The van der Waals surface area contributed by atoms with Crippen LogP contribution in [0.2, 0.25) is 0 Å². The van der Waals surface area contributed by atoms with Gasteiger partial charge in [-0.05, 0) is 30.5 Å². The third kappa shape index (κ3) is 4.68. The quantitative estimate of drug-likeness (QED) is 0.562. The van der Waals surface area contributed by atoms with Gasteiger partial charge in [0.1, 0.15) is 5.69 Å². The number of benzene rings is 1. The Labute approximate surface area is 153 Å². The number of aromatic nitrogens is 3. The van der Waals surface area contributed by atoms with Gasteiger partial charge >= 0.3 is 6.18 Å². The molecule has 0 atom stereocenters. The van der Waals surface area contributed by atoms with Crippen LogP contribution >= 0.6 is 0 Å². The van der Waals surface area contributed by atoms with Crippen LogP contribution in [-0.4, -0.2) is 27.1 Å². The summed E-state index contributed by atoms with van der Waals surface area (Å²) < 4.78 is 37.3. The van der Waals surface area contributed by atoms with Crippen molar-refractivity contribution in [2.75, 3.05) is 0 Å². The van der Waals surface area contributed by atoms with E-state index in [-0.39, 0.29) is 12.2 Å². The van der Waals surface area contributed by atoms with Crippen molar-refractivity contribution in [3.63, 3.8) is 0 Å². The van der Waals surface area contributed by atoms with Crippen LogP contribution in [0.15, 0.2) is 36.5 Å². The van der Waals surface area contributed by atoms with Gasteiger partial charge in [-0.15, -0.1) is 0 Å². The first-order valence-corrected chi connectivity index (χ1v) is 8.56. The Hall–Kier alpha value is -2.81. The van der Waals surface area contributed by atoms with E-state index in [1.807, 2.05) is 29.4 Å². The number of carbonyl (C=O) groups excluding carboxylic acids is 1. The lowest BCUT2D eigenvalue weighted by atomic mass is 9.95. The predicted octanol–water partition coefficient (Wildman–Crippen LogP) is 3.34. The Balaban J connectivity index is 0.000000364. The highest BCUT2D eigenvalue weighted by Gasteiger charge is 2.33. The van der Waals surface area contributed by atoms with Crippen LogP contribution in [0.1, 0.15) is 41.0 Å². The van der Waals surface area contributed by atoms with E-state index in [1.165, 1.54) is 19.3 Å². The summed E-state index contributed by atoms with van der Waals surface area (Å²) in [7, 11) is 0. The first-order valence-electron chi connectivity index (χ1n) is 8.56. The van der Waals surface area contributed by atoms with Gasteiger partial charge in [-0.2, -0.15) is 18.3 Å². The lowest BCUT2D eigenvalue weighted by molar-refractivity contribution is -0.141. The third-order valence-corrected chi connectivity index (χ3v) is 4.39. The van der Waals surface area contributed by atoms with E-state index < -0.39 is 17.8 Å². The molecule has 1 aliphatic rings. The van der Waals surface area contributed by atoms with Gasteiger partial charge < -0.3 is 16.0 Å². The molecule has 3 aromatic rings. The number of fused-ring (bicyclic) bond motifs is 1. The first-order chi connectivity index (χ1) is 12.8. The Morgan fingerprint density at radius 3 is 2.63 bits per heavy atom. The number of rotatable bonds is 3. The minimum atomic E-state index is -4.55. The number of aromatic amines is 2. The van der Waals surface area contributed by atoms with Crippen molar-refractivity contribution in [3.05, 3.63) is 53.5 Å². The Kier molecular flexibility index (Phi) is 5.50. The van der Waals surface area contributed by atoms with Gasteiger partial charge in [-0.3, -0.25) is 9.89 Å². The molecule has 0 unspecified atom stereocenters. The Morgan fingerprint density at radius 1 is 1.30 bits per heavy atom. The fourth-order valence-electron chi connectivity index (χ4n) is 2.59. The van der Waals surface area contributed by atoms with Gasteiger partial charge in [-0.25, -0.2) is 0 Å². The molecule has 1 aromatic carbocycles. The fourth-order valence-corrected chi connectivity index (χ4v) is 2.59. The molecule has 1 saturated carbocycles. The monoisotopic (exact) mass is 379 g/mol. The van der Waals surface area contributed by atoms with Gasteiger partial charge in [0.2, 0.25) is 0 Å². The zero-order chi connectivity index (χ0) is 19.4. The Morgan fingerprint density at radius 2 is 2.04 bits per heavy atom. The van der Waals surface area contributed by atoms with E-state index in [0.29, 0.717) is 12.1 Å². The van der Waals surface area contributed by atoms with Crippen molar-refractivity contribution in [2.24, 2.45) is 5.73 Å². The second kappa shape index (κ2) is 7.83. The number of alkyl halides is 3. The van der Waals surface area contributed by atoms with E-state index in [1.54, 1.807) is 6.20 Å². The smallest absolute Gasteiger partial charge is 0.361 e. The van der Waals surface area contributed by atoms with E-state index in [0.717, 1.165) is 16.5 Å². The zero-order valence-electron chi connectivity index (χ0n) is 14.4. The van der Waals surface area contributed by atoms with Gasteiger partial charge in [-0.1, -0.05) is 18.6 Å². The average Bonchev–Trinajstić information content (AvgIpc) is 3.27. The number of hydrogen-bond acceptors (Lipinski definition) is 3. The maximum atomic E-state index is 12.4.